The maximum Gasteiger partial charge on any atom is 0.317 e. The first kappa shape index (κ1) is 15.8. The molecule has 1 aromatic heterocycles. The van der Waals surface area contributed by atoms with Gasteiger partial charge in [-0.05, 0) is 43.2 Å². The minimum atomic E-state index is -0.0716. The van der Waals surface area contributed by atoms with E-state index in [0.717, 1.165) is 17.1 Å². The van der Waals surface area contributed by atoms with Gasteiger partial charge in [-0.15, -0.1) is 0 Å². The molecule has 2 amide bonds. The first-order valence-electron chi connectivity index (χ1n) is 7.76. The van der Waals surface area contributed by atoms with E-state index in [2.05, 4.69) is 16.4 Å². The van der Waals surface area contributed by atoms with Gasteiger partial charge in [-0.1, -0.05) is 29.8 Å². The van der Waals surface area contributed by atoms with E-state index in [4.69, 9.17) is 11.6 Å². The first-order chi connectivity index (χ1) is 11.1. The lowest BCUT2D eigenvalue weighted by Crippen LogP contribution is -2.40. The molecule has 3 atom stereocenters. The second-order valence-corrected chi connectivity index (χ2v) is 6.43. The molecule has 0 spiro atoms. The molecule has 120 valence electrons. The minimum Gasteiger partial charge on any atom is -0.335 e. The number of hydrogen-bond acceptors (Lipinski definition) is 2. The molecule has 5 heteroatoms. The summed E-state index contributed by atoms with van der Waals surface area (Å²) in [5, 5.41) is 3.82. The summed E-state index contributed by atoms with van der Waals surface area (Å²) in [5.41, 5.74) is 2.07. The molecular formula is C18H20ClN3O. The normalized spacial score (nSPS) is 20.7. The number of nitrogens with zero attached hydrogens (tertiary/aromatic N) is 2. The molecule has 1 aliphatic rings. The lowest BCUT2D eigenvalue weighted by molar-refractivity contribution is 0.193. The van der Waals surface area contributed by atoms with Crippen molar-refractivity contribution >= 4 is 17.6 Å². The van der Waals surface area contributed by atoms with E-state index in [9.17, 15) is 4.79 Å². The summed E-state index contributed by atoms with van der Waals surface area (Å²) in [6, 6.07) is 13.6. The van der Waals surface area contributed by atoms with Crippen LogP contribution in [-0.2, 0) is 0 Å². The molecule has 0 aliphatic heterocycles. The quantitative estimate of drug-likeness (QED) is 0.921. The fraction of sp³-hybridized carbons (Fsp3) is 0.333. The van der Waals surface area contributed by atoms with Gasteiger partial charge in [0.05, 0.1) is 11.7 Å². The Kier molecular flexibility index (Phi) is 4.53. The summed E-state index contributed by atoms with van der Waals surface area (Å²) in [7, 11) is 1.80. The van der Waals surface area contributed by atoms with Gasteiger partial charge in [-0.3, -0.25) is 4.98 Å². The number of amides is 2. The van der Waals surface area contributed by atoms with E-state index in [1.807, 2.05) is 43.3 Å². The van der Waals surface area contributed by atoms with Crippen molar-refractivity contribution in [1.29, 1.82) is 0 Å². The standard InChI is InChI=1S/C18H20ClN3O/c1-12(16-8-3-4-9-20-16)22(2)18(23)21-17-11-15(17)13-6-5-7-14(19)10-13/h3-10,12,15,17H,11H2,1-2H3,(H,21,23)/t12-,15-,17+/m1/s1. The second-order valence-electron chi connectivity index (χ2n) is 5.99. The van der Waals surface area contributed by atoms with Crippen molar-refractivity contribution in [3.05, 3.63) is 64.9 Å². The van der Waals surface area contributed by atoms with Gasteiger partial charge in [0.15, 0.2) is 0 Å². The van der Waals surface area contributed by atoms with Gasteiger partial charge in [-0.2, -0.15) is 0 Å². The van der Waals surface area contributed by atoms with E-state index in [0.29, 0.717) is 5.92 Å². The van der Waals surface area contributed by atoms with Crippen molar-refractivity contribution in [2.24, 2.45) is 0 Å². The smallest absolute Gasteiger partial charge is 0.317 e. The maximum atomic E-state index is 12.4. The summed E-state index contributed by atoms with van der Waals surface area (Å²) in [4.78, 5) is 18.4. The Morgan fingerprint density at radius 1 is 1.35 bits per heavy atom. The number of carbonyl (C=O) groups excluding carboxylic acids is 1. The largest absolute Gasteiger partial charge is 0.335 e. The van der Waals surface area contributed by atoms with Crippen LogP contribution in [0.5, 0.6) is 0 Å². The Hall–Kier alpha value is -2.07. The third kappa shape index (κ3) is 3.64. The van der Waals surface area contributed by atoms with Crippen LogP contribution in [0.15, 0.2) is 48.7 Å². The first-order valence-corrected chi connectivity index (χ1v) is 8.14. The van der Waals surface area contributed by atoms with Crippen LogP contribution in [-0.4, -0.2) is 29.0 Å². The Labute approximate surface area is 141 Å². The van der Waals surface area contributed by atoms with Gasteiger partial charge < -0.3 is 10.2 Å². The number of halogens is 1. The number of benzene rings is 1. The van der Waals surface area contributed by atoms with Crippen LogP contribution >= 0.6 is 11.6 Å². The Morgan fingerprint density at radius 3 is 2.87 bits per heavy atom. The third-order valence-corrected chi connectivity index (χ3v) is 4.63. The lowest BCUT2D eigenvalue weighted by atomic mass is 10.1. The highest BCUT2D eigenvalue weighted by molar-refractivity contribution is 6.30. The number of nitrogens with one attached hydrogen (secondary N) is 1. The Balaban J connectivity index is 1.58. The molecule has 2 aromatic rings. The van der Waals surface area contributed by atoms with E-state index >= 15 is 0 Å². The van der Waals surface area contributed by atoms with Gasteiger partial charge in [0, 0.05) is 30.2 Å². The van der Waals surface area contributed by atoms with Crippen LogP contribution in [0.25, 0.3) is 0 Å². The predicted molar refractivity (Wildman–Crippen MR) is 91.5 cm³/mol. The molecule has 1 aromatic carbocycles. The van der Waals surface area contributed by atoms with Gasteiger partial charge in [0.25, 0.3) is 0 Å². The zero-order valence-corrected chi connectivity index (χ0v) is 14.0. The molecule has 0 bridgehead atoms. The van der Waals surface area contributed by atoms with Gasteiger partial charge in [0.2, 0.25) is 0 Å². The molecule has 0 saturated heterocycles. The summed E-state index contributed by atoms with van der Waals surface area (Å²) in [5.74, 6) is 0.358. The van der Waals surface area contributed by atoms with E-state index in [1.165, 1.54) is 5.56 Å². The molecule has 1 saturated carbocycles. The summed E-state index contributed by atoms with van der Waals surface area (Å²) in [6.45, 7) is 1.98. The summed E-state index contributed by atoms with van der Waals surface area (Å²) < 4.78 is 0. The predicted octanol–water partition coefficient (Wildman–Crippen LogP) is 3.99. The monoisotopic (exact) mass is 329 g/mol. The number of rotatable bonds is 4. The number of hydrogen-bond donors (Lipinski definition) is 1. The van der Waals surface area contributed by atoms with E-state index in [1.54, 1.807) is 18.1 Å². The highest BCUT2D eigenvalue weighted by Crippen LogP contribution is 2.41. The average Bonchev–Trinajstić information content (AvgIpc) is 3.33. The van der Waals surface area contributed by atoms with Crippen molar-refractivity contribution in [3.8, 4) is 0 Å². The van der Waals surface area contributed by atoms with Crippen molar-refractivity contribution in [3.63, 3.8) is 0 Å². The summed E-state index contributed by atoms with van der Waals surface area (Å²) >= 11 is 6.03. The van der Waals surface area contributed by atoms with Crippen LogP contribution < -0.4 is 5.32 Å². The molecule has 4 nitrogen and oxygen atoms in total. The SMILES string of the molecule is C[C@H](c1ccccn1)N(C)C(=O)N[C@H]1C[C@@H]1c1cccc(Cl)c1. The molecule has 0 radical (unpaired) electrons. The number of pyridine rings is 1. The average molecular weight is 330 g/mol. The molecule has 3 rings (SSSR count). The number of carbonyl (C=O) groups is 1. The van der Waals surface area contributed by atoms with Crippen molar-refractivity contribution < 1.29 is 4.79 Å². The van der Waals surface area contributed by atoms with E-state index < -0.39 is 0 Å². The van der Waals surface area contributed by atoms with Gasteiger partial charge >= 0.3 is 6.03 Å². The maximum absolute atomic E-state index is 12.4. The number of aromatic nitrogens is 1. The molecule has 23 heavy (non-hydrogen) atoms. The Bertz CT molecular complexity index is 692. The highest BCUT2D eigenvalue weighted by atomic mass is 35.5. The van der Waals surface area contributed by atoms with Crippen molar-refractivity contribution in [1.82, 2.24) is 15.2 Å². The molecular weight excluding hydrogens is 310 g/mol. The number of urea groups is 1. The summed E-state index contributed by atoms with van der Waals surface area (Å²) in [6.07, 6.45) is 2.70. The zero-order chi connectivity index (χ0) is 16.4. The molecule has 1 fully saturated rings. The van der Waals surface area contributed by atoms with Crippen LogP contribution in [0.4, 0.5) is 4.79 Å². The van der Waals surface area contributed by atoms with Crippen LogP contribution in [0.1, 0.15) is 36.6 Å². The Morgan fingerprint density at radius 2 is 2.17 bits per heavy atom. The topological polar surface area (TPSA) is 45.2 Å². The van der Waals surface area contributed by atoms with Crippen molar-refractivity contribution in [2.75, 3.05) is 7.05 Å². The molecule has 1 aliphatic carbocycles. The van der Waals surface area contributed by atoms with Gasteiger partial charge in [0.1, 0.15) is 0 Å². The highest BCUT2D eigenvalue weighted by Gasteiger charge is 2.40. The van der Waals surface area contributed by atoms with Crippen LogP contribution in [0.3, 0.4) is 0 Å². The minimum absolute atomic E-state index is 0.0698. The second kappa shape index (κ2) is 6.59. The van der Waals surface area contributed by atoms with Gasteiger partial charge in [-0.25, -0.2) is 4.79 Å². The molecule has 1 heterocycles. The third-order valence-electron chi connectivity index (χ3n) is 4.39. The lowest BCUT2D eigenvalue weighted by Gasteiger charge is -2.25. The molecule has 0 unspecified atom stereocenters. The fourth-order valence-electron chi connectivity index (χ4n) is 2.72. The van der Waals surface area contributed by atoms with Crippen molar-refractivity contribution in [2.45, 2.75) is 31.3 Å². The van der Waals surface area contributed by atoms with Crippen LogP contribution in [0.2, 0.25) is 5.02 Å². The van der Waals surface area contributed by atoms with E-state index in [-0.39, 0.29) is 18.1 Å². The van der Waals surface area contributed by atoms with Crippen LogP contribution in [0, 0.1) is 0 Å². The molecule has 1 N–H and O–H groups in total. The fourth-order valence-corrected chi connectivity index (χ4v) is 2.92. The zero-order valence-electron chi connectivity index (χ0n) is 13.2.